The highest BCUT2D eigenvalue weighted by atomic mass is 35.5. The maximum Gasteiger partial charge on any atom is 0.338 e. The Hall–Kier alpha value is -3.20. The number of methoxy groups -OCH3 is 1. The quantitative estimate of drug-likeness (QED) is 0.328. The number of carbonyl (C=O) groups excluding carboxylic acids is 1. The highest BCUT2D eigenvalue weighted by Crippen LogP contribution is 2.31. The second kappa shape index (κ2) is 11.3. The Bertz CT molecular complexity index is 1570. The van der Waals surface area contributed by atoms with Gasteiger partial charge < -0.3 is 14.4 Å². The van der Waals surface area contributed by atoms with Gasteiger partial charge in [0.1, 0.15) is 6.61 Å². The number of fused-ring (bicyclic) bond motifs is 1. The van der Waals surface area contributed by atoms with Crippen molar-refractivity contribution >= 4 is 40.7 Å². The van der Waals surface area contributed by atoms with Crippen molar-refractivity contribution in [3.8, 4) is 0 Å². The fourth-order valence-corrected chi connectivity index (χ4v) is 6.14. The number of rotatable bonds is 7. The van der Waals surface area contributed by atoms with Crippen LogP contribution in [0.2, 0.25) is 5.02 Å². The molecule has 0 aliphatic carbocycles. The van der Waals surface area contributed by atoms with Gasteiger partial charge in [0.2, 0.25) is 0 Å². The zero-order chi connectivity index (χ0) is 26.8. The van der Waals surface area contributed by atoms with E-state index in [1.54, 1.807) is 30.7 Å². The molecule has 5 rings (SSSR count). The van der Waals surface area contributed by atoms with Crippen LogP contribution in [-0.2, 0) is 14.3 Å². The van der Waals surface area contributed by atoms with Gasteiger partial charge in [0.15, 0.2) is 4.80 Å². The van der Waals surface area contributed by atoms with Gasteiger partial charge in [-0.3, -0.25) is 9.36 Å². The Morgan fingerprint density at radius 2 is 1.87 bits per heavy atom. The standard InChI is InChI=1S/C29H30ClN3O4S/c1-18-16-23(32-12-4-5-13-32)11-8-21(18)17-24-27(34)33-26(20-6-9-22(30)10-7-20)25(19(2)31-29(33)38-24)28(35)37-15-14-36-3/h6-11,16-17,26H,4-5,12-15H2,1-3H3. The van der Waals surface area contributed by atoms with Gasteiger partial charge in [-0.25, -0.2) is 9.79 Å². The van der Waals surface area contributed by atoms with Crippen LogP contribution in [0.15, 0.2) is 63.5 Å². The summed E-state index contributed by atoms with van der Waals surface area (Å²) in [7, 11) is 1.54. The van der Waals surface area contributed by atoms with Gasteiger partial charge in [0.25, 0.3) is 5.56 Å². The minimum atomic E-state index is -0.681. The predicted octanol–water partition coefficient (Wildman–Crippen LogP) is 3.99. The lowest BCUT2D eigenvalue weighted by Crippen LogP contribution is -2.40. The topological polar surface area (TPSA) is 73.1 Å². The summed E-state index contributed by atoms with van der Waals surface area (Å²) in [4.78, 5) is 34.6. The molecule has 0 saturated carbocycles. The van der Waals surface area contributed by atoms with E-state index in [-0.39, 0.29) is 18.8 Å². The lowest BCUT2D eigenvalue weighted by molar-refractivity contribution is -0.140. The summed E-state index contributed by atoms with van der Waals surface area (Å²) in [5, 5.41) is 0.568. The molecule has 198 valence electrons. The number of esters is 1. The Morgan fingerprint density at radius 3 is 2.55 bits per heavy atom. The second-order valence-electron chi connectivity index (χ2n) is 9.50. The SMILES string of the molecule is COCCOC(=O)C1=C(C)N=c2sc(=Cc3ccc(N4CCCC4)cc3C)c(=O)n2C1c1ccc(Cl)cc1. The lowest BCUT2D eigenvalue weighted by atomic mass is 9.96. The average molecular weight is 552 g/mol. The normalized spacial score (nSPS) is 17.5. The third-order valence-electron chi connectivity index (χ3n) is 6.96. The summed E-state index contributed by atoms with van der Waals surface area (Å²) in [5.74, 6) is -0.522. The number of aryl methyl sites for hydroxylation is 1. The molecular weight excluding hydrogens is 522 g/mol. The van der Waals surface area contributed by atoms with Crippen LogP contribution in [0.1, 0.15) is 42.5 Å². The first-order valence-corrected chi connectivity index (χ1v) is 13.9. The van der Waals surface area contributed by atoms with Crippen LogP contribution in [0.25, 0.3) is 6.08 Å². The number of carbonyl (C=O) groups is 1. The van der Waals surface area contributed by atoms with Crippen molar-refractivity contribution in [1.82, 2.24) is 4.57 Å². The van der Waals surface area contributed by atoms with Crippen molar-refractivity contribution in [1.29, 1.82) is 0 Å². The molecule has 3 aromatic rings. The molecule has 2 aliphatic heterocycles. The number of hydrogen-bond acceptors (Lipinski definition) is 7. The zero-order valence-electron chi connectivity index (χ0n) is 21.7. The van der Waals surface area contributed by atoms with Gasteiger partial charge in [-0.2, -0.15) is 0 Å². The molecule has 0 N–H and O–H groups in total. The number of hydrogen-bond donors (Lipinski definition) is 0. The summed E-state index contributed by atoms with van der Waals surface area (Å²) in [6, 6.07) is 12.8. The fourth-order valence-electron chi connectivity index (χ4n) is 4.97. The number of halogens is 1. The smallest absolute Gasteiger partial charge is 0.338 e. The second-order valence-corrected chi connectivity index (χ2v) is 10.9. The molecule has 1 fully saturated rings. The molecule has 1 saturated heterocycles. The first-order valence-electron chi connectivity index (χ1n) is 12.7. The van der Waals surface area contributed by atoms with Gasteiger partial charge in [0, 0.05) is 30.9 Å². The maximum atomic E-state index is 13.8. The molecule has 1 unspecified atom stereocenters. The van der Waals surface area contributed by atoms with E-state index in [2.05, 4.69) is 35.0 Å². The lowest BCUT2D eigenvalue weighted by Gasteiger charge is -2.24. The van der Waals surface area contributed by atoms with Crippen LogP contribution in [0.5, 0.6) is 0 Å². The van der Waals surface area contributed by atoms with Gasteiger partial charge in [-0.1, -0.05) is 41.1 Å². The maximum absolute atomic E-state index is 13.8. The largest absolute Gasteiger partial charge is 0.460 e. The van der Waals surface area contributed by atoms with Crippen LogP contribution >= 0.6 is 22.9 Å². The molecule has 1 atom stereocenters. The van der Waals surface area contributed by atoms with Gasteiger partial charge in [-0.05, 0) is 73.7 Å². The van der Waals surface area contributed by atoms with Crippen LogP contribution in [0, 0.1) is 6.92 Å². The van der Waals surface area contributed by atoms with E-state index >= 15 is 0 Å². The van der Waals surface area contributed by atoms with E-state index in [9.17, 15) is 9.59 Å². The predicted molar refractivity (Wildman–Crippen MR) is 151 cm³/mol. The van der Waals surface area contributed by atoms with Gasteiger partial charge >= 0.3 is 5.97 Å². The van der Waals surface area contributed by atoms with E-state index in [4.69, 9.17) is 21.1 Å². The Morgan fingerprint density at radius 1 is 1.13 bits per heavy atom. The van der Waals surface area contributed by atoms with E-state index in [1.165, 1.54) is 29.9 Å². The van der Waals surface area contributed by atoms with Crippen LogP contribution in [-0.4, -0.2) is 43.9 Å². The zero-order valence-corrected chi connectivity index (χ0v) is 23.3. The van der Waals surface area contributed by atoms with Crippen LogP contribution < -0.4 is 19.8 Å². The third-order valence-corrected chi connectivity index (χ3v) is 8.19. The fraction of sp³-hybridized carbons (Fsp3) is 0.345. The van der Waals surface area contributed by atoms with Crippen LogP contribution in [0.3, 0.4) is 0 Å². The molecule has 0 bridgehead atoms. The van der Waals surface area contributed by atoms with Crippen molar-refractivity contribution < 1.29 is 14.3 Å². The van der Waals surface area contributed by atoms with E-state index in [0.29, 0.717) is 25.6 Å². The van der Waals surface area contributed by atoms with Crippen molar-refractivity contribution in [3.63, 3.8) is 0 Å². The minimum Gasteiger partial charge on any atom is -0.460 e. The summed E-state index contributed by atoms with van der Waals surface area (Å²) >= 11 is 7.47. The van der Waals surface area contributed by atoms with Crippen molar-refractivity contribution in [2.75, 3.05) is 38.3 Å². The number of nitrogens with zero attached hydrogens (tertiary/aromatic N) is 3. The number of anilines is 1. The summed E-state index contributed by atoms with van der Waals surface area (Å²) < 4.78 is 12.6. The molecule has 2 aliphatic rings. The number of benzene rings is 2. The van der Waals surface area contributed by atoms with Crippen molar-refractivity contribution in [2.45, 2.75) is 32.7 Å². The highest BCUT2D eigenvalue weighted by molar-refractivity contribution is 7.07. The first kappa shape index (κ1) is 26.4. The molecule has 0 radical (unpaired) electrons. The average Bonchev–Trinajstić information content (AvgIpc) is 3.54. The summed E-state index contributed by atoms with van der Waals surface area (Å²) in [5.41, 5.74) is 4.70. The van der Waals surface area contributed by atoms with E-state index in [1.807, 2.05) is 18.2 Å². The number of ether oxygens (including phenoxy) is 2. The molecular formula is C29H30ClN3O4S. The molecule has 3 heterocycles. The summed E-state index contributed by atoms with van der Waals surface area (Å²) in [6.45, 7) is 6.39. The minimum absolute atomic E-state index is 0.108. The van der Waals surface area contributed by atoms with Gasteiger partial charge in [0.05, 0.1) is 28.5 Å². The number of allylic oxidation sites excluding steroid dienone is 1. The highest BCUT2D eigenvalue weighted by Gasteiger charge is 2.33. The molecule has 9 heteroatoms. The van der Waals surface area contributed by atoms with Crippen LogP contribution in [0.4, 0.5) is 5.69 Å². The molecule has 0 spiro atoms. The third kappa shape index (κ3) is 5.21. The van der Waals surface area contributed by atoms with Crippen molar-refractivity contribution in [2.24, 2.45) is 4.99 Å². The Kier molecular flexibility index (Phi) is 7.83. The molecule has 0 amide bonds. The molecule has 1 aromatic heterocycles. The van der Waals surface area contributed by atoms with E-state index in [0.717, 1.165) is 29.8 Å². The number of thiazole rings is 1. The first-order chi connectivity index (χ1) is 18.4. The molecule has 2 aromatic carbocycles. The molecule has 38 heavy (non-hydrogen) atoms. The monoisotopic (exact) mass is 551 g/mol. The number of aromatic nitrogens is 1. The van der Waals surface area contributed by atoms with E-state index < -0.39 is 12.0 Å². The Labute approximate surface area is 230 Å². The van der Waals surface area contributed by atoms with Gasteiger partial charge in [-0.15, -0.1) is 0 Å². The summed E-state index contributed by atoms with van der Waals surface area (Å²) in [6.07, 6.45) is 4.36. The molecule has 7 nitrogen and oxygen atoms in total. The van der Waals surface area contributed by atoms with Crippen molar-refractivity contribution in [3.05, 3.63) is 95.1 Å². The Balaban J connectivity index is 1.59.